The van der Waals surface area contributed by atoms with Crippen LogP contribution in [0.15, 0.2) is 88.7 Å². The first-order valence-electron chi connectivity index (χ1n) is 7.20. The first-order chi connectivity index (χ1) is 10.9. The number of thiophene rings is 1. The summed E-state index contributed by atoms with van der Waals surface area (Å²) in [6, 6.07) is 26.9. The molecule has 2 heteroatoms. The van der Waals surface area contributed by atoms with Gasteiger partial charge in [0.05, 0.1) is 4.88 Å². The molecule has 0 atom stereocenters. The summed E-state index contributed by atoms with van der Waals surface area (Å²) in [5, 5.41) is 2.07. The summed E-state index contributed by atoms with van der Waals surface area (Å²) in [4.78, 5) is 1.15. The fourth-order valence-corrected chi connectivity index (χ4v) is 3.24. The van der Waals surface area contributed by atoms with Gasteiger partial charge in [-0.15, -0.1) is 11.3 Å². The first-order valence-corrected chi connectivity index (χ1v) is 8.08. The minimum atomic E-state index is 0.924. The summed E-state index contributed by atoms with van der Waals surface area (Å²) in [5.41, 5.74) is 3.41. The number of hydrogen-bond acceptors (Lipinski definition) is 2. The molecular formula is C20H14OS. The monoisotopic (exact) mass is 302 g/mol. The van der Waals surface area contributed by atoms with Crippen molar-refractivity contribution < 1.29 is 4.42 Å². The molecule has 0 amide bonds. The fraction of sp³-hybridized carbons (Fsp3) is 0. The van der Waals surface area contributed by atoms with E-state index in [0.717, 1.165) is 27.5 Å². The quantitative estimate of drug-likeness (QED) is 0.430. The highest BCUT2D eigenvalue weighted by molar-refractivity contribution is 7.13. The molecule has 2 heterocycles. The van der Waals surface area contributed by atoms with E-state index in [2.05, 4.69) is 53.9 Å². The molecule has 0 radical (unpaired) electrons. The van der Waals surface area contributed by atoms with Gasteiger partial charge in [0.1, 0.15) is 11.5 Å². The molecule has 2 aromatic carbocycles. The Hall–Kier alpha value is -2.58. The average molecular weight is 302 g/mol. The zero-order chi connectivity index (χ0) is 14.8. The normalized spacial score (nSPS) is 10.7. The van der Waals surface area contributed by atoms with Crippen LogP contribution in [0.2, 0.25) is 0 Å². The van der Waals surface area contributed by atoms with Crippen molar-refractivity contribution in [2.75, 3.05) is 0 Å². The summed E-state index contributed by atoms with van der Waals surface area (Å²) in [6.07, 6.45) is 0. The average Bonchev–Trinajstić information content (AvgIpc) is 3.26. The molecule has 0 aliphatic carbocycles. The standard InChI is InChI=1S/C20H14OS/c1-3-8-15(9-4-1)17-14-18(19-12-7-13-22-19)21-20(17)16-10-5-2-6-11-16/h1-14H. The summed E-state index contributed by atoms with van der Waals surface area (Å²) in [6.45, 7) is 0. The summed E-state index contributed by atoms with van der Waals surface area (Å²) in [7, 11) is 0. The van der Waals surface area contributed by atoms with Crippen LogP contribution in [0, 0.1) is 0 Å². The van der Waals surface area contributed by atoms with E-state index in [0.29, 0.717) is 0 Å². The first kappa shape index (κ1) is 13.1. The molecule has 0 saturated heterocycles. The van der Waals surface area contributed by atoms with Gasteiger partial charge in [0.15, 0.2) is 0 Å². The summed E-state index contributed by atoms with van der Waals surface area (Å²) < 4.78 is 6.21. The van der Waals surface area contributed by atoms with Crippen molar-refractivity contribution in [3.63, 3.8) is 0 Å². The van der Waals surface area contributed by atoms with Crippen LogP contribution in [0.25, 0.3) is 33.1 Å². The van der Waals surface area contributed by atoms with Crippen molar-refractivity contribution in [1.82, 2.24) is 0 Å². The largest absolute Gasteiger partial charge is 0.455 e. The molecule has 106 valence electrons. The van der Waals surface area contributed by atoms with E-state index in [1.165, 1.54) is 5.56 Å². The van der Waals surface area contributed by atoms with Gasteiger partial charge in [-0.1, -0.05) is 66.7 Å². The molecule has 0 bridgehead atoms. The van der Waals surface area contributed by atoms with E-state index in [4.69, 9.17) is 4.42 Å². The Morgan fingerprint density at radius 2 is 1.36 bits per heavy atom. The minimum Gasteiger partial charge on any atom is -0.455 e. The third kappa shape index (κ3) is 2.38. The lowest BCUT2D eigenvalue weighted by atomic mass is 10.0. The topological polar surface area (TPSA) is 13.1 Å². The third-order valence-electron chi connectivity index (χ3n) is 3.62. The smallest absolute Gasteiger partial charge is 0.145 e. The van der Waals surface area contributed by atoms with Gasteiger partial charge in [-0.2, -0.15) is 0 Å². The van der Waals surface area contributed by atoms with Gasteiger partial charge in [0.25, 0.3) is 0 Å². The van der Waals surface area contributed by atoms with Crippen LogP contribution in [0.3, 0.4) is 0 Å². The van der Waals surface area contributed by atoms with E-state index in [9.17, 15) is 0 Å². The maximum Gasteiger partial charge on any atom is 0.145 e. The molecule has 0 aliphatic heterocycles. The fourth-order valence-electron chi connectivity index (χ4n) is 2.57. The van der Waals surface area contributed by atoms with Crippen LogP contribution in [0.4, 0.5) is 0 Å². The van der Waals surface area contributed by atoms with Crippen LogP contribution in [-0.2, 0) is 0 Å². The second-order valence-electron chi connectivity index (χ2n) is 5.06. The van der Waals surface area contributed by atoms with Crippen molar-refractivity contribution in [3.05, 3.63) is 84.2 Å². The lowest BCUT2D eigenvalue weighted by Gasteiger charge is -2.02. The highest BCUT2D eigenvalue weighted by Gasteiger charge is 2.16. The van der Waals surface area contributed by atoms with Gasteiger partial charge in [-0.25, -0.2) is 0 Å². The van der Waals surface area contributed by atoms with Gasteiger partial charge in [0, 0.05) is 11.1 Å². The van der Waals surface area contributed by atoms with E-state index in [-0.39, 0.29) is 0 Å². The van der Waals surface area contributed by atoms with Crippen LogP contribution in [0.5, 0.6) is 0 Å². The highest BCUT2D eigenvalue weighted by Crippen LogP contribution is 2.39. The molecule has 0 spiro atoms. The van der Waals surface area contributed by atoms with Crippen LogP contribution >= 0.6 is 11.3 Å². The predicted octanol–water partition coefficient (Wildman–Crippen LogP) is 6.34. The molecule has 4 rings (SSSR count). The summed E-state index contributed by atoms with van der Waals surface area (Å²) in [5.74, 6) is 1.85. The molecule has 2 aromatic heterocycles. The third-order valence-corrected chi connectivity index (χ3v) is 4.50. The molecule has 4 aromatic rings. The van der Waals surface area contributed by atoms with E-state index >= 15 is 0 Å². The molecule has 0 saturated carbocycles. The maximum atomic E-state index is 6.21. The van der Waals surface area contributed by atoms with Gasteiger partial charge < -0.3 is 4.42 Å². The van der Waals surface area contributed by atoms with E-state index in [1.54, 1.807) is 11.3 Å². The second kappa shape index (κ2) is 5.66. The van der Waals surface area contributed by atoms with Gasteiger partial charge in [0.2, 0.25) is 0 Å². The molecular weight excluding hydrogens is 288 g/mol. The molecule has 0 N–H and O–H groups in total. The highest BCUT2D eigenvalue weighted by atomic mass is 32.1. The zero-order valence-electron chi connectivity index (χ0n) is 11.9. The molecule has 1 nitrogen and oxygen atoms in total. The number of furan rings is 1. The Balaban J connectivity index is 1.92. The van der Waals surface area contributed by atoms with E-state index in [1.807, 2.05) is 30.3 Å². The molecule has 22 heavy (non-hydrogen) atoms. The van der Waals surface area contributed by atoms with Crippen LogP contribution in [-0.4, -0.2) is 0 Å². The molecule has 0 aliphatic rings. The predicted molar refractivity (Wildman–Crippen MR) is 92.9 cm³/mol. The van der Waals surface area contributed by atoms with Gasteiger partial charge >= 0.3 is 0 Å². The van der Waals surface area contributed by atoms with Crippen molar-refractivity contribution in [2.24, 2.45) is 0 Å². The Bertz CT molecular complexity index is 802. The van der Waals surface area contributed by atoms with Crippen molar-refractivity contribution >= 4 is 11.3 Å². The van der Waals surface area contributed by atoms with Crippen molar-refractivity contribution in [3.8, 4) is 33.1 Å². The Morgan fingerprint density at radius 1 is 0.682 bits per heavy atom. The van der Waals surface area contributed by atoms with Gasteiger partial charge in [-0.05, 0) is 23.1 Å². The lowest BCUT2D eigenvalue weighted by Crippen LogP contribution is -1.78. The van der Waals surface area contributed by atoms with Crippen LogP contribution < -0.4 is 0 Å². The van der Waals surface area contributed by atoms with Crippen LogP contribution in [0.1, 0.15) is 0 Å². The molecule has 0 unspecified atom stereocenters. The second-order valence-corrected chi connectivity index (χ2v) is 6.01. The molecule has 0 fully saturated rings. The van der Waals surface area contributed by atoms with Crippen molar-refractivity contribution in [2.45, 2.75) is 0 Å². The Labute approximate surface area is 133 Å². The number of benzene rings is 2. The summed E-state index contributed by atoms with van der Waals surface area (Å²) >= 11 is 1.69. The SMILES string of the molecule is c1ccc(-c2cc(-c3cccs3)oc2-c2ccccc2)cc1. The maximum absolute atomic E-state index is 6.21. The Kier molecular flexibility index (Phi) is 3.37. The Morgan fingerprint density at radius 3 is 2.00 bits per heavy atom. The number of hydrogen-bond donors (Lipinski definition) is 0. The zero-order valence-corrected chi connectivity index (χ0v) is 12.7. The minimum absolute atomic E-state index is 0.924. The number of rotatable bonds is 3. The van der Waals surface area contributed by atoms with Gasteiger partial charge in [-0.3, -0.25) is 0 Å². The van der Waals surface area contributed by atoms with Crippen molar-refractivity contribution in [1.29, 1.82) is 0 Å². The lowest BCUT2D eigenvalue weighted by molar-refractivity contribution is 0.599. The van der Waals surface area contributed by atoms with E-state index < -0.39 is 0 Å².